The Balaban J connectivity index is 0.00000161. The molecule has 2 atom stereocenters. The number of hydrogen-bond acceptors (Lipinski definition) is 3. The summed E-state index contributed by atoms with van der Waals surface area (Å²) >= 11 is 0. The molecule has 4 heteroatoms. The van der Waals surface area contributed by atoms with Gasteiger partial charge in [0.25, 0.3) is 0 Å². The zero-order chi connectivity index (χ0) is 14.1. The lowest BCUT2D eigenvalue weighted by atomic mass is 9.77. The van der Waals surface area contributed by atoms with Crippen LogP contribution in [0.4, 0.5) is 0 Å². The SMILES string of the molecule is COc1ccc([C@H](N)[C@H](O)C2CCC2)c2ccccc12.Cl. The lowest BCUT2D eigenvalue weighted by Crippen LogP contribution is -2.36. The molecule has 1 fully saturated rings. The molecule has 1 aliphatic carbocycles. The molecule has 0 spiro atoms. The van der Waals surface area contributed by atoms with Crippen LogP contribution in [0.3, 0.4) is 0 Å². The van der Waals surface area contributed by atoms with Gasteiger partial charge in [-0.3, -0.25) is 0 Å². The molecule has 1 saturated carbocycles. The quantitative estimate of drug-likeness (QED) is 0.910. The molecule has 21 heavy (non-hydrogen) atoms. The Bertz CT molecular complexity index is 613. The van der Waals surface area contributed by atoms with Gasteiger partial charge in [-0.15, -0.1) is 12.4 Å². The molecular formula is C17H22ClNO2. The van der Waals surface area contributed by atoms with Gasteiger partial charge in [0.2, 0.25) is 0 Å². The molecule has 3 N–H and O–H groups in total. The Labute approximate surface area is 131 Å². The van der Waals surface area contributed by atoms with Crippen molar-refractivity contribution < 1.29 is 9.84 Å². The number of rotatable bonds is 4. The minimum atomic E-state index is -0.458. The van der Waals surface area contributed by atoms with Gasteiger partial charge in [-0.25, -0.2) is 0 Å². The van der Waals surface area contributed by atoms with Gasteiger partial charge in [-0.2, -0.15) is 0 Å². The molecule has 2 aromatic carbocycles. The Morgan fingerprint density at radius 3 is 2.38 bits per heavy atom. The van der Waals surface area contributed by atoms with Crippen molar-refractivity contribution in [2.24, 2.45) is 11.7 Å². The van der Waals surface area contributed by atoms with E-state index in [0.717, 1.165) is 34.9 Å². The Morgan fingerprint density at radius 1 is 1.14 bits per heavy atom. The second-order valence-corrected chi connectivity index (χ2v) is 5.61. The number of fused-ring (bicyclic) bond motifs is 1. The van der Waals surface area contributed by atoms with Crippen LogP contribution in [-0.2, 0) is 0 Å². The maximum absolute atomic E-state index is 10.4. The highest BCUT2D eigenvalue weighted by Gasteiger charge is 2.31. The van der Waals surface area contributed by atoms with Gasteiger partial charge < -0.3 is 15.6 Å². The number of halogens is 1. The standard InChI is InChI=1S/C17H21NO2.ClH/c1-20-15-10-9-14(12-7-2-3-8-13(12)15)16(18)17(19)11-5-4-6-11;/h2-3,7-11,16-17,19H,4-6,18H2,1H3;1H/t16-,17+;/m0./s1. The lowest BCUT2D eigenvalue weighted by molar-refractivity contribution is 0.0417. The zero-order valence-corrected chi connectivity index (χ0v) is 13.0. The zero-order valence-electron chi connectivity index (χ0n) is 12.2. The Hall–Kier alpha value is -1.29. The Kier molecular flexibility index (Phi) is 5.09. The van der Waals surface area contributed by atoms with Crippen molar-refractivity contribution in [1.29, 1.82) is 0 Å². The second kappa shape index (κ2) is 6.65. The molecule has 3 nitrogen and oxygen atoms in total. The van der Waals surface area contributed by atoms with Gasteiger partial charge in [0.15, 0.2) is 0 Å². The molecule has 3 rings (SSSR count). The molecule has 114 valence electrons. The monoisotopic (exact) mass is 307 g/mol. The average Bonchev–Trinajstić information content (AvgIpc) is 2.43. The molecule has 1 aliphatic rings. The summed E-state index contributed by atoms with van der Waals surface area (Å²) in [4.78, 5) is 0. The third-order valence-electron chi connectivity index (χ3n) is 4.50. The van der Waals surface area contributed by atoms with Crippen LogP contribution in [0.2, 0.25) is 0 Å². The fourth-order valence-corrected chi connectivity index (χ4v) is 3.02. The Morgan fingerprint density at radius 2 is 1.81 bits per heavy atom. The van der Waals surface area contributed by atoms with Crippen molar-refractivity contribution >= 4 is 23.2 Å². The highest BCUT2D eigenvalue weighted by atomic mass is 35.5. The number of aliphatic hydroxyl groups is 1. The van der Waals surface area contributed by atoms with E-state index in [1.165, 1.54) is 6.42 Å². The van der Waals surface area contributed by atoms with Crippen LogP contribution in [0.25, 0.3) is 10.8 Å². The molecule has 0 aromatic heterocycles. The third kappa shape index (κ3) is 2.86. The van der Waals surface area contributed by atoms with E-state index in [0.29, 0.717) is 5.92 Å². The van der Waals surface area contributed by atoms with Crippen molar-refractivity contribution in [3.63, 3.8) is 0 Å². The minimum absolute atomic E-state index is 0. The van der Waals surface area contributed by atoms with E-state index in [2.05, 4.69) is 0 Å². The first-order valence-corrected chi connectivity index (χ1v) is 7.21. The third-order valence-corrected chi connectivity index (χ3v) is 4.50. The first-order chi connectivity index (χ1) is 9.72. The van der Waals surface area contributed by atoms with Crippen LogP contribution in [0.15, 0.2) is 36.4 Å². The van der Waals surface area contributed by atoms with Gasteiger partial charge in [0.05, 0.1) is 19.3 Å². The predicted molar refractivity (Wildman–Crippen MR) is 88.0 cm³/mol. The molecule has 0 saturated heterocycles. The molecule has 0 heterocycles. The van der Waals surface area contributed by atoms with Crippen molar-refractivity contribution in [2.45, 2.75) is 31.4 Å². The number of benzene rings is 2. The van der Waals surface area contributed by atoms with Crippen LogP contribution in [0.1, 0.15) is 30.9 Å². The van der Waals surface area contributed by atoms with Crippen molar-refractivity contribution in [1.82, 2.24) is 0 Å². The summed E-state index contributed by atoms with van der Waals surface area (Å²) in [6.45, 7) is 0. The summed E-state index contributed by atoms with van der Waals surface area (Å²) in [5.41, 5.74) is 7.32. The lowest BCUT2D eigenvalue weighted by Gasteiger charge is -2.34. The number of ether oxygens (including phenoxy) is 1. The van der Waals surface area contributed by atoms with Crippen LogP contribution in [0.5, 0.6) is 5.75 Å². The first kappa shape index (κ1) is 16.1. The van der Waals surface area contributed by atoms with Gasteiger partial charge in [-0.1, -0.05) is 36.8 Å². The van der Waals surface area contributed by atoms with Gasteiger partial charge in [0.1, 0.15) is 5.75 Å². The maximum Gasteiger partial charge on any atom is 0.126 e. The maximum atomic E-state index is 10.4. The summed E-state index contributed by atoms with van der Waals surface area (Å²) in [7, 11) is 1.67. The van der Waals surface area contributed by atoms with Crippen LogP contribution >= 0.6 is 12.4 Å². The van der Waals surface area contributed by atoms with E-state index in [9.17, 15) is 5.11 Å². The van der Waals surface area contributed by atoms with Gasteiger partial charge in [-0.05, 0) is 35.8 Å². The van der Waals surface area contributed by atoms with E-state index < -0.39 is 6.10 Å². The van der Waals surface area contributed by atoms with Crippen molar-refractivity contribution in [3.8, 4) is 5.75 Å². The number of methoxy groups -OCH3 is 1. The van der Waals surface area contributed by atoms with Crippen LogP contribution in [-0.4, -0.2) is 18.3 Å². The molecular weight excluding hydrogens is 286 g/mol. The highest BCUT2D eigenvalue weighted by Crippen LogP contribution is 2.37. The molecule has 0 radical (unpaired) electrons. The summed E-state index contributed by atoms with van der Waals surface area (Å²) < 4.78 is 5.40. The smallest absolute Gasteiger partial charge is 0.126 e. The fourth-order valence-electron chi connectivity index (χ4n) is 3.02. The molecule has 0 unspecified atom stereocenters. The molecule has 0 amide bonds. The fraction of sp³-hybridized carbons (Fsp3) is 0.412. The first-order valence-electron chi connectivity index (χ1n) is 7.21. The molecule has 2 aromatic rings. The van der Waals surface area contributed by atoms with Gasteiger partial charge in [0, 0.05) is 5.39 Å². The predicted octanol–water partition coefficient (Wildman–Crippen LogP) is 3.43. The minimum Gasteiger partial charge on any atom is -0.496 e. The van der Waals surface area contributed by atoms with Crippen molar-refractivity contribution in [2.75, 3.05) is 7.11 Å². The van der Waals surface area contributed by atoms with E-state index in [4.69, 9.17) is 10.5 Å². The number of hydrogen-bond donors (Lipinski definition) is 2. The largest absolute Gasteiger partial charge is 0.496 e. The summed E-state index contributed by atoms with van der Waals surface area (Å²) in [6.07, 6.45) is 2.92. The second-order valence-electron chi connectivity index (χ2n) is 5.61. The summed E-state index contributed by atoms with van der Waals surface area (Å²) in [5.74, 6) is 1.19. The van der Waals surface area contributed by atoms with E-state index >= 15 is 0 Å². The van der Waals surface area contributed by atoms with E-state index in [1.54, 1.807) is 7.11 Å². The number of aliphatic hydroxyl groups excluding tert-OH is 1. The van der Waals surface area contributed by atoms with Crippen LogP contribution in [0, 0.1) is 5.92 Å². The molecule has 0 bridgehead atoms. The normalized spacial score (nSPS) is 17.7. The highest BCUT2D eigenvalue weighted by molar-refractivity contribution is 5.91. The van der Waals surface area contributed by atoms with E-state index in [-0.39, 0.29) is 18.4 Å². The van der Waals surface area contributed by atoms with Crippen LogP contribution < -0.4 is 10.5 Å². The van der Waals surface area contributed by atoms with Gasteiger partial charge >= 0.3 is 0 Å². The summed E-state index contributed by atoms with van der Waals surface area (Å²) in [5, 5.41) is 12.5. The number of nitrogens with two attached hydrogens (primary N) is 1. The topological polar surface area (TPSA) is 55.5 Å². The van der Waals surface area contributed by atoms with Crippen molar-refractivity contribution in [3.05, 3.63) is 42.0 Å². The van der Waals surface area contributed by atoms with E-state index in [1.807, 2.05) is 36.4 Å². The summed E-state index contributed by atoms with van der Waals surface area (Å²) in [6, 6.07) is 11.6. The molecule has 0 aliphatic heterocycles. The average molecular weight is 308 g/mol.